The van der Waals surface area contributed by atoms with E-state index in [-0.39, 0.29) is 0 Å². The predicted molar refractivity (Wildman–Crippen MR) is 58.8 cm³/mol. The molecule has 4 nitrogen and oxygen atoms in total. The topological polar surface area (TPSA) is 53.8 Å². The van der Waals surface area contributed by atoms with Gasteiger partial charge in [0.25, 0.3) is 0 Å². The van der Waals surface area contributed by atoms with Crippen molar-refractivity contribution in [3.63, 3.8) is 0 Å². The summed E-state index contributed by atoms with van der Waals surface area (Å²) in [5, 5.41) is 0.578. The van der Waals surface area contributed by atoms with Gasteiger partial charge in [-0.05, 0) is 12.1 Å². The highest BCUT2D eigenvalue weighted by Gasteiger charge is 2.15. The van der Waals surface area contributed by atoms with E-state index in [2.05, 4.69) is 9.97 Å². The molecule has 0 amide bonds. The summed E-state index contributed by atoms with van der Waals surface area (Å²) in [6.45, 7) is 0. The van der Waals surface area contributed by atoms with Crippen LogP contribution in [0.1, 0.15) is 0 Å². The molecule has 0 aliphatic heterocycles. The summed E-state index contributed by atoms with van der Waals surface area (Å²) in [4.78, 5) is 8.17. The number of hydrogen-bond donors (Lipinski definition) is 0. The quantitative estimate of drug-likeness (QED) is 0.716. The first-order chi connectivity index (χ1) is 7.20. The summed E-state index contributed by atoms with van der Waals surface area (Å²) in [6.07, 6.45) is 6.82. The van der Waals surface area contributed by atoms with Crippen LogP contribution >= 0.6 is 0 Å². The summed E-state index contributed by atoms with van der Waals surface area (Å²) in [5.74, 6) is 0. The number of hydrogen-bond acceptors (Lipinski definition) is 3. The molecular weight excluding hydrogens is 210 g/mol. The lowest BCUT2D eigenvalue weighted by atomic mass is 10.2. The molecule has 1 unspecified atom stereocenters. The highest BCUT2D eigenvalue weighted by Crippen LogP contribution is 2.20. The van der Waals surface area contributed by atoms with E-state index in [0.29, 0.717) is 5.16 Å². The molecule has 78 valence electrons. The van der Waals surface area contributed by atoms with Crippen LogP contribution in [0.3, 0.4) is 0 Å². The van der Waals surface area contributed by atoms with Crippen LogP contribution in [0.15, 0.2) is 35.9 Å². The van der Waals surface area contributed by atoms with Crippen LogP contribution in [0.5, 0.6) is 0 Å². The zero-order chi connectivity index (χ0) is 10.8. The van der Waals surface area contributed by atoms with Gasteiger partial charge in [-0.15, -0.1) is 0 Å². The second kappa shape index (κ2) is 4.04. The van der Waals surface area contributed by atoms with Gasteiger partial charge < -0.3 is 4.55 Å². The van der Waals surface area contributed by atoms with Gasteiger partial charge in [0.2, 0.25) is 0 Å². The van der Waals surface area contributed by atoms with E-state index < -0.39 is 11.2 Å². The molecule has 0 saturated carbocycles. The van der Waals surface area contributed by atoms with Gasteiger partial charge in [0.15, 0.2) is 0 Å². The Morgan fingerprint density at radius 3 is 2.73 bits per heavy atom. The minimum absolute atomic E-state index is 0.578. The fraction of sp³-hybridized carbons (Fsp3) is 0.200. The molecule has 0 aliphatic carbocycles. The highest BCUT2D eigenvalue weighted by molar-refractivity contribution is 7.90. The Labute approximate surface area is 91.2 Å². The molecule has 2 aromatic rings. The summed E-state index contributed by atoms with van der Waals surface area (Å²) in [6, 6.07) is 3.82. The summed E-state index contributed by atoms with van der Waals surface area (Å²) in [5.41, 5.74) is 1.90. The monoisotopic (exact) mass is 221 g/mol. The van der Waals surface area contributed by atoms with E-state index in [1.165, 1.54) is 0 Å². The van der Waals surface area contributed by atoms with Crippen molar-refractivity contribution < 1.29 is 4.55 Å². The van der Waals surface area contributed by atoms with Crippen LogP contribution < -0.4 is 0 Å². The minimum atomic E-state index is -1.06. The van der Waals surface area contributed by atoms with Gasteiger partial charge in [0, 0.05) is 36.2 Å². The highest BCUT2D eigenvalue weighted by atomic mass is 32.2. The molecular formula is C10H11N3OS. The lowest BCUT2D eigenvalue weighted by molar-refractivity contribution is 0.584. The van der Waals surface area contributed by atoms with Crippen molar-refractivity contribution >= 4 is 11.2 Å². The third-order valence-electron chi connectivity index (χ3n) is 2.16. The molecule has 0 radical (unpaired) electrons. The van der Waals surface area contributed by atoms with E-state index in [9.17, 15) is 4.55 Å². The van der Waals surface area contributed by atoms with Crippen LogP contribution in [0, 0.1) is 0 Å². The van der Waals surface area contributed by atoms with Crippen molar-refractivity contribution in [3.8, 4) is 11.3 Å². The third-order valence-corrected chi connectivity index (χ3v) is 3.05. The van der Waals surface area contributed by atoms with Gasteiger partial charge in [-0.2, -0.15) is 4.98 Å². The van der Waals surface area contributed by atoms with Gasteiger partial charge in [0.1, 0.15) is 6.26 Å². The maximum absolute atomic E-state index is 11.3. The Morgan fingerprint density at radius 1 is 1.40 bits per heavy atom. The van der Waals surface area contributed by atoms with Crippen LogP contribution in [-0.4, -0.2) is 25.3 Å². The first-order valence-electron chi connectivity index (χ1n) is 4.45. The van der Waals surface area contributed by atoms with Gasteiger partial charge in [-0.1, -0.05) is 0 Å². The lowest BCUT2D eigenvalue weighted by Crippen LogP contribution is -2.06. The average Bonchev–Trinajstić information content (AvgIpc) is 2.61. The van der Waals surface area contributed by atoms with Gasteiger partial charge in [0.05, 0.1) is 11.9 Å². The maximum atomic E-state index is 11.3. The molecule has 0 aliphatic rings. The lowest BCUT2D eigenvalue weighted by Gasteiger charge is -2.05. The Morgan fingerprint density at radius 2 is 2.20 bits per heavy atom. The van der Waals surface area contributed by atoms with Crippen LogP contribution in [0.4, 0.5) is 0 Å². The molecule has 1 atom stereocenters. The standard InChI is InChI=1S/C10H11N3OS/c1-13-9(7-12-10(13)15(2)14)8-4-3-5-11-6-8/h3-7H,1-2H3. The molecule has 5 heteroatoms. The molecule has 0 bridgehead atoms. The van der Waals surface area contributed by atoms with Crippen LogP contribution in [0.2, 0.25) is 0 Å². The van der Waals surface area contributed by atoms with Crippen molar-refractivity contribution in [1.29, 1.82) is 0 Å². The van der Waals surface area contributed by atoms with Gasteiger partial charge in [-0.3, -0.25) is 9.55 Å². The van der Waals surface area contributed by atoms with E-state index in [4.69, 9.17) is 0 Å². The smallest absolute Gasteiger partial charge is 0.323 e. The largest absolute Gasteiger partial charge is 0.609 e. The number of aromatic nitrogens is 3. The number of nitrogens with zero attached hydrogens (tertiary/aromatic N) is 3. The van der Waals surface area contributed by atoms with Gasteiger partial charge >= 0.3 is 5.16 Å². The number of rotatable bonds is 2. The zero-order valence-electron chi connectivity index (χ0n) is 8.54. The van der Waals surface area contributed by atoms with Crippen molar-refractivity contribution in [2.45, 2.75) is 5.16 Å². The normalized spacial score (nSPS) is 12.7. The second-order valence-electron chi connectivity index (χ2n) is 3.18. The number of pyridine rings is 1. The Balaban J connectivity index is 2.47. The molecule has 2 aromatic heterocycles. The molecule has 0 saturated heterocycles. The van der Waals surface area contributed by atoms with Crippen molar-refractivity contribution in [2.24, 2.45) is 7.05 Å². The third kappa shape index (κ3) is 1.88. The second-order valence-corrected chi connectivity index (χ2v) is 4.45. The van der Waals surface area contributed by atoms with E-state index in [1.807, 2.05) is 23.7 Å². The van der Waals surface area contributed by atoms with Crippen molar-refractivity contribution in [3.05, 3.63) is 30.7 Å². The fourth-order valence-corrected chi connectivity index (χ4v) is 2.13. The van der Waals surface area contributed by atoms with Crippen LogP contribution in [-0.2, 0) is 18.2 Å². The molecule has 2 heterocycles. The van der Waals surface area contributed by atoms with Crippen molar-refractivity contribution in [2.75, 3.05) is 6.26 Å². The van der Waals surface area contributed by atoms with Crippen LogP contribution in [0.25, 0.3) is 11.3 Å². The van der Waals surface area contributed by atoms with Gasteiger partial charge in [-0.25, -0.2) is 0 Å². The van der Waals surface area contributed by atoms with Crippen molar-refractivity contribution in [1.82, 2.24) is 14.5 Å². The zero-order valence-corrected chi connectivity index (χ0v) is 9.36. The first-order valence-corrected chi connectivity index (χ1v) is 6.01. The molecule has 0 N–H and O–H groups in total. The first kappa shape index (κ1) is 10.2. The fourth-order valence-electron chi connectivity index (χ4n) is 1.44. The molecule has 2 rings (SSSR count). The Kier molecular flexibility index (Phi) is 2.75. The Hall–Kier alpha value is -1.33. The molecule has 15 heavy (non-hydrogen) atoms. The maximum Gasteiger partial charge on any atom is 0.323 e. The number of imidazole rings is 1. The Bertz CT molecular complexity index is 453. The average molecular weight is 221 g/mol. The van der Waals surface area contributed by atoms with E-state index >= 15 is 0 Å². The molecule has 0 spiro atoms. The predicted octanol–water partition coefficient (Wildman–Crippen LogP) is 1.22. The summed E-state index contributed by atoms with van der Waals surface area (Å²) >= 11 is -1.06. The van der Waals surface area contributed by atoms with E-state index in [1.54, 1.807) is 24.8 Å². The minimum Gasteiger partial charge on any atom is -0.609 e. The molecule has 0 fully saturated rings. The van der Waals surface area contributed by atoms with E-state index in [0.717, 1.165) is 11.3 Å². The summed E-state index contributed by atoms with van der Waals surface area (Å²) < 4.78 is 13.1. The molecule has 0 aromatic carbocycles. The summed E-state index contributed by atoms with van der Waals surface area (Å²) in [7, 11) is 1.85. The SMILES string of the molecule is Cn1c(-c2cccnc2)cnc1[S+](C)[O-].